The van der Waals surface area contributed by atoms with E-state index in [0.717, 1.165) is 31.2 Å². The zero-order valence-corrected chi connectivity index (χ0v) is 16.4. The summed E-state index contributed by atoms with van der Waals surface area (Å²) < 4.78 is 0. The molecule has 3 saturated heterocycles. The second-order valence-corrected chi connectivity index (χ2v) is 9.21. The standard InChI is InChI=1S/C22H28N2O3/c1-22(2,3)15-6-4-14(5-7-15)21(27)23-16-8-9-17(23)13-18(12-16)24-19(25)10-11-20(24)26/h4-7,16-18H,8-13H2,1-3H3. The minimum absolute atomic E-state index is 0.0303. The number of fused-ring (bicyclic) bond motifs is 2. The molecule has 4 rings (SSSR count). The van der Waals surface area contributed by atoms with Crippen LogP contribution < -0.4 is 0 Å². The van der Waals surface area contributed by atoms with Crippen molar-refractivity contribution < 1.29 is 14.4 Å². The van der Waals surface area contributed by atoms with Crippen molar-refractivity contribution in [3.63, 3.8) is 0 Å². The first-order chi connectivity index (χ1) is 12.8. The van der Waals surface area contributed by atoms with Gasteiger partial charge in [0.15, 0.2) is 0 Å². The maximum Gasteiger partial charge on any atom is 0.254 e. The van der Waals surface area contributed by atoms with Gasteiger partial charge < -0.3 is 4.90 Å². The molecule has 0 aliphatic carbocycles. The highest BCUT2D eigenvalue weighted by Crippen LogP contribution is 2.39. The van der Waals surface area contributed by atoms with Gasteiger partial charge in [0.1, 0.15) is 0 Å². The van der Waals surface area contributed by atoms with Gasteiger partial charge in [-0.1, -0.05) is 32.9 Å². The van der Waals surface area contributed by atoms with Crippen LogP contribution in [-0.2, 0) is 15.0 Å². The zero-order valence-electron chi connectivity index (χ0n) is 16.4. The van der Waals surface area contributed by atoms with E-state index >= 15 is 0 Å². The van der Waals surface area contributed by atoms with Crippen LogP contribution in [0.3, 0.4) is 0 Å². The minimum Gasteiger partial charge on any atom is -0.333 e. The highest BCUT2D eigenvalue weighted by Gasteiger charge is 2.47. The van der Waals surface area contributed by atoms with Crippen LogP contribution in [0.4, 0.5) is 0 Å². The molecule has 2 unspecified atom stereocenters. The number of rotatable bonds is 2. The SMILES string of the molecule is CC(C)(C)c1ccc(C(=O)N2C3CCC2CC(N2C(=O)CCC2=O)C3)cc1. The lowest BCUT2D eigenvalue weighted by Gasteiger charge is -2.41. The summed E-state index contributed by atoms with van der Waals surface area (Å²) in [5.74, 6) is 0.00405. The summed E-state index contributed by atoms with van der Waals surface area (Å²) in [6.45, 7) is 6.49. The Bertz CT molecular complexity index is 748. The Labute approximate surface area is 160 Å². The highest BCUT2D eigenvalue weighted by atomic mass is 16.2. The van der Waals surface area contributed by atoms with Gasteiger partial charge in [0.25, 0.3) is 5.91 Å². The molecule has 0 spiro atoms. The lowest BCUT2D eigenvalue weighted by atomic mass is 9.86. The van der Waals surface area contributed by atoms with Gasteiger partial charge in [-0.3, -0.25) is 19.3 Å². The largest absolute Gasteiger partial charge is 0.333 e. The van der Waals surface area contributed by atoms with E-state index < -0.39 is 0 Å². The Morgan fingerprint density at radius 3 is 1.89 bits per heavy atom. The molecule has 5 heteroatoms. The zero-order chi connectivity index (χ0) is 19.3. The number of nitrogens with zero attached hydrogens (tertiary/aromatic N) is 2. The number of hydrogen-bond donors (Lipinski definition) is 0. The summed E-state index contributed by atoms with van der Waals surface area (Å²) in [5.41, 5.74) is 2.01. The third kappa shape index (κ3) is 3.17. The summed E-state index contributed by atoms with van der Waals surface area (Å²) in [6, 6.07) is 8.18. The first-order valence-corrected chi connectivity index (χ1v) is 10.0. The van der Waals surface area contributed by atoms with Crippen molar-refractivity contribution in [3.05, 3.63) is 35.4 Å². The van der Waals surface area contributed by atoms with Crippen LogP contribution >= 0.6 is 0 Å². The molecular formula is C22H28N2O3. The number of imide groups is 1. The van der Waals surface area contributed by atoms with Gasteiger partial charge in [-0.2, -0.15) is 0 Å². The van der Waals surface area contributed by atoms with Gasteiger partial charge in [0, 0.05) is 36.5 Å². The van der Waals surface area contributed by atoms with Crippen molar-refractivity contribution in [2.75, 3.05) is 0 Å². The van der Waals surface area contributed by atoms with Crippen molar-refractivity contribution in [2.24, 2.45) is 0 Å². The summed E-state index contributed by atoms with van der Waals surface area (Å²) in [4.78, 5) is 40.9. The smallest absolute Gasteiger partial charge is 0.254 e. The number of amides is 3. The molecule has 0 N–H and O–H groups in total. The van der Waals surface area contributed by atoms with Crippen molar-refractivity contribution in [2.45, 2.75) is 82.8 Å². The van der Waals surface area contributed by atoms with Crippen LogP contribution in [0.25, 0.3) is 0 Å². The van der Waals surface area contributed by atoms with Crippen LogP contribution in [0.15, 0.2) is 24.3 Å². The number of benzene rings is 1. The minimum atomic E-state index is -0.0399. The second kappa shape index (κ2) is 6.47. The van der Waals surface area contributed by atoms with Crippen LogP contribution in [-0.4, -0.2) is 45.6 Å². The topological polar surface area (TPSA) is 57.7 Å². The molecule has 1 aromatic carbocycles. The van der Waals surface area contributed by atoms with E-state index in [0.29, 0.717) is 12.8 Å². The van der Waals surface area contributed by atoms with Gasteiger partial charge >= 0.3 is 0 Å². The van der Waals surface area contributed by atoms with Gasteiger partial charge in [0.2, 0.25) is 11.8 Å². The maximum absolute atomic E-state index is 13.2. The normalized spacial score (nSPS) is 28.2. The van der Waals surface area contributed by atoms with E-state index in [9.17, 15) is 14.4 Å². The summed E-state index contributed by atoms with van der Waals surface area (Å²) in [6.07, 6.45) is 4.05. The Balaban J connectivity index is 1.50. The number of piperidine rings is 1. The fraction of sp³-hybridized carbons (Fsp3) is 0.591. The van der Waals surface area contributed by atoms with E-state index in [4.69, 9.17) is 0 Å². The maximum atomic E-state index is 13.2. The fourth-order valence-electron chi connectivity index (χ4n) is 4.95. The van der Waals surface area contributed by atoms with Crippen LogP contribution in [0.1, 0.15) is 75.2 Å². The molecule has 0 radical (unpaired) electrons. The molecular weight excluding hydrogens is 340 g/mol. The first kappa shape index (κ1) is 18.2. The first-order valence-electron chi connectivity index (χ1n) is 10.0. The van der Waals surface area contributed by atoms with Gasteiger partial charge in [-0.15, -0.1) is 0 Å². The van der Waals surface area contributed by atoms with Gasteiger partial charge in [-0.05, 0) is 48.8 Å². The number of carbonyl (C=O) groups excluding carboxylic acids is 3. The molecule has 3 fully saturated rings. The van der Waals surface area contributed by atoms with E-state index in [1.165, 1.54) is 10.5 Å². The van der Waals surface area contributed by atoms with E-state index in [1.807, 2.05) is 29.2 Å². The Hall–Kier alpha value is -2.17. The lowest BCUT2D eigenvalue weighted by Crippen LogP contribution is -2.53. The van der Waals surface area contributed by atoms with Gasteiger partial charge in [-0.25, -0.2) is 0 Å². The van der Waals surface area contributed by atoms with Crippen LogP contribution in [0.2, 0.25) is 0 Å². The number of carbonyl (C=O) groups is 3. The third-order valence-electron chi connectivity index (χ3n) is 6.40. The number of hydrogen-bond acceptors (Lipinski definition) is 3. The Kier molecular flexibility index (Phi) is 4.36. The monoisotopic (exact) mass is 368 g/mol. The molecule has 0 aromatic heterocycles. The predicted molar refractivity (Wildman–Crippen MR) is 102 cm³/mol. The summed E-state index contributed by atoms with van der Waals surface area (Å²) in [7, 11) is 0. The van der Waals surface area contributed by atoms with Crippen LogP contribution in [0.5, 0.6) is 0 Å². The van der Waals surface area contributed by atoms with E-state index in [2.05, 4.69) is 20.8 Å². The highest BCUT2D eigenvalue weighted by molar-refractivity contribution is 6.02. The molecule has 5 nitrogen and oxygen atoms in total. The van der Waals surface area contributed by atoms with Crippen molar-refractivity contribution in [1.29, 1.82) is 0 Å². The molecule has 2 atom stereocenters. The van der Waals surface area contributed by atoms with Crippen LogP contribution in [0, 0.1) is 0 Å². The second-order valence-electron chi connectivity index (χ2n) is 9.21. The molecule has 3 amide bonds. The van der Waals surface area contributed by atoms with Crippen molar-refractivity contribution in [3.8, 4) is 0 Å². The molecule has 3 aliphatic heterocycles. The van der Waals surface area contributed by atoms with E-state index in [1.54, 1.807) is 0 Å². The molecule has 144 valence electrons. The predicted octanol–water partition coefficient (Wildman–Crippen LogP) is 3.27. The molecule has 2 bridgehead atoms. The molecule has 3 heterocycles. The Morgan fingerprint density at radius 2 is 1.41 bits per heavy atom. The molecule has 0 saturated carbocycles. The van der Waals surface area contributed by atoms with Gasteiger partial charge in [0.05, 0.1) is 0 Å². The summed E-state index contributed by atoms with van der Waals surface area (Å²) in [5, 5.41) is 0. The Morgan fingerprint density at radius 1 is 0.889 bits per heavy atom. The molecule has 27 heavy (non-hydrogen) atoms. The molecule has 3 aliphatic rings. The van der Waals surface area contributed by atoms with E-state index in [-0.39, 0.29) is 41.3 Å². The quantitative estimate of drug-likeness (QED) is 0.753. The third-order valence-corrected chi connectivity index (χ3v) is 6.40. The van der Waals surface area contributed by atoms with Crippen molar-refractivity contribution >= 4 is 17.7 Å². The van der Waals surface area contributed by atoms with Crippen molar-refractivity contribution in [1.82, 2.24) is 9.80 Å². The number of likely N-dealkylation sites (tertiary alicyclic amines) is 1. The average Bonchev–Trinajstić information content (AvgIpc) is 3.09. The fourth-order valence-corrected chi connectivity index (χ4v) is 4.95. The molecule has 1 aromatic rings. The lowest BCUT2D eigenvalue weighted by molar-refractivity contribution is -0.142. The summed E-state index contributed by atoms with van der Waals surface area (Å²) >= 11 is 0. The average molecular weight is 368 g/mol.